The summed E-state index contributed by atoms with van der Waals surface area (Å²) in [5.74, 6) is -2.72. The third-order valence-electron chi connectivity index (χ3n) is 3.09. The van der Waals surface area contributed by atoms with E-state index >= 15 is 0 Å². The van der Waals surface area contributed by atoms with Gasteiger partial charge in [0.15, 0.2) is 17.6 Å². The molecule has 1 aliphatic rings. The molecule has 0 radical (unpaired) electrons. The lowest BCUT2D eigenvalue weighted by molar-refractivity contribution is -0.147. The van der Waals surface area contributed by atoms with Crippen LogP contribution in [0.15, 0.2) is 18.2 Å². The number of hydrogen-bond donors (Lipinski definition) is 1. The molecule has 7 heteroatoms. The third kappa shape index (κ3) is 2.57. The first-order valence-electron chi connectivity index (χ1n) is 6.00. The van der Waals surface area contributed by atoms with Crippen LogP contribution in [0.1, 0.15) is 10.4 Å². The van der Waals surface area contributed by atoms with Gasteiger partial charge in [-0.05, 0) is 12.1 Å². The number of carboxylic acid groups (broad SMARTS) is 1. The lowest BCUT2D eigenvalue weighted by Gasteiger charge is -2.33. The molecule has 0 aliphatic carbocycles. The highest BCUT2D eigenvalue weighted by atomic mass is 19.1. The van der Waals surface area contributed by atoms with Gasteiger partial charge in [-0.3, -0.25) is 4.79 Å². The average Bonchev–Trinajstić information content (AvgIpc) is 2.46. The smallest absolute Gasteiger partial charge is 0.328 e. The quantitative estimate of drug-likeness (QED) is 0.886. The van der Waals surface area contributed by atoms with Gasteiger partial charge in [0, 0.05) is 6.54 Å². The van der Waals surface area contributed by atoms with Gasteiger partial charge < -0.3 is 19.5 Å². The standard InChI is InChI=1S/C13H14FNO5/c1-19-10-4-2-3-8(11(10)14)12(16)15-5-6-20-7-9(15)13(17)18/h2-4,9H,5-7H2,1H3,(H,17,18). The molecule has 0 saturated carbocycles. The van der Waals surface area contributed by atoms with E-state index in [1.165, 1.54) is 25.3 Å². The largest absolute Gasteiger partial charge is 0.494 e. The molecule has 0 bridgehead atoms. The Hall–Kier alpha value is -2.15. The van der Waals surface area contributed by atoms with Gasteiger partial charge in [0.05, 0.1) is 25.9 Å². The zero-order valence-electron chi connectivity index (χ0n) is 10.8. The van der Waals surface area contributed by atoms with Crippen LogP contribution in [0, 0.1) is 5.82 Å². The molecule has 108 valence electrons. The molecule has 1 aromatic rings. The number of benzene rings is 1. The minimum absolute atomic E-state index is 0.0593. The molecular weight excluding hydrogens is 269 g/mol. The predicted molar refractivity (Wildman–Crippen MR) is 66.2 cm³/mol. The van der Waals surface area contributed by atoms with Crippen LogP contribution in [-0.4, -0.2) is 54.8 Å². The van der Waals surface area contributed by atoms with Gasteiger partial charge in [-0.25, -0.2) is 9.18 Å². The van der Waals surface area contributed by atoms with Crippen molar-refractivity contribution in [3.63, 3.8) is 0 Å². The number of ether oxygens (including phenoxy) is 2. The molecule has 1 amide bonds. The molecule has 20 heavy (non-hydrogen) atoms. The van der Waals surface area contributed by atoms with Crippen molar-refractivity contribution in [2.75, 3.05) is 26.9 Å². The fraction of sp³-hybridized carbons (Fsp3) is 0.385. The van der Waals surface area contributed by atoms with E-state index in [1.54, 1.807) is 0 Å². The number of carbonyl (C=O) groups excluding carboxylic acids is 1. The molecule has 2 rings (SSSR count). The Morgan fingerprint density at radius 1 is 1.50 bits per heavy atom. The normalized spacial score (nSPS) is 18.7. The van der Waals surface area contributed by atoms with Crippen LogP contribution in [0.4, 0.5) is 4.39 Å². The SMILES string of the molecule is COc1cccc(C(=O)N2CCOCC2C(=O)O)c1F. The lowest BCUT2D eigenvalue weighted by atomic mass is 10.1. The summed E-state index contributed by atoms with van der Waals surface area (Å²) in [7, 11) is 1.29. The minimum atomic E-state index is -1.18. The molecule has 1 fully saturated rings. The number of rotatable bonds is 3. The van der Waals surface area contributed by atoms with Crippen molar-refractivity contribution in [2.24, 2.45) is 0 Å². The van der Waals surface area contributed by atoms with Crippen molar-refractivity contribution in [2.45, 2.75) is 6.04 Å². The maximum absolute atomic E-state index is 14.1. The van der Waals surface area contributed by atoms with Crippen LogP contribution in [0.3, 0.4) is 0 Å². The number of halogens is 1. The van der Waals surface area contributed by atoms with Gasteiger partial charge in [0.25, 0.3) is 5.91 Å². The Kier molecular flexibility index (Phi) is 4.19. The lowest BCUT2D eigenvalue weighted by Crippen LogP contribution is -2.52. The Morgan fingerprint density at radius 3 is 2.90 bits per heavy atom. The van der Waals surface area contributed by atoms with Crippen LogP contribution in [0.2, 0.25) is 0 Å². The number of methoxy groups -OCH3 is 1. The van der Waals surface area contributed by atoms with Crippen LogP contribution in [0.5, 0.6) is 5.75 Å². The zero-order chi connectivity index (χ0) is 14.7. The molecule has 1 N–H and O–H groups in total. The first-order chi connectivity index (χ1) is 9.56. The predicted octanol–water partition coefficient (Wildman–Crippen LogP) is 0.760. The average molecular weight is 283 g/mol. The number of carbonyl (C=O) groups is 2. The van der Waals surface area contributed by atoms with Gasteiger partial charge in [0.1, 0.15) is 0 Å². The number of nitrogens with zero attached hydrogens (tertiary/aromatic N) is 1. The topological polar surface area (TPSA) is 76.1 Å². The van der Waals surface area contributed by atoms with Crippen molar-refractivity contribution in [1.82, 2.24) is 4.90 Å². The summed E-state index contributed by atoms with van der Waals surface area (Å²) in [6.07, 6.45) is 0. The summed E-state index contributed by atoms with van der Waals surface area (Å²) >= 11 is 0. The highest BCUT2D eigenvalue weighted by Gasteiger charge is 2.34. The molecule has 1 aromatic carbocycles. The summed E-state index contributed by atoms with van der Waals surface area (Å²) in [4.78, 5) is 24.5. The van der Waals surface area contributed by atoms with Crippen molar-refractivity contribution in [1.29, 1.82) is 0 Å². The second-order valence-electron chi connectivity index (χ2n) is 4.25. The summed E-state index contributed by atoms with van der Waals surface area (Å²) in [6, 6.07) is 3.06. The van der Waals surface area contributed by atoms with E-state index in [0.717, 1.165) is 4.90 Å². The van der Waals surface area contributed by atoms with Crippen molar-refractivity contribution in [3.8, 4) is 5.75 Å². The van der Waals surface area contributed by atoms with Crippen molar-refractivity contribution in [3.05, 3.63) is 29.6 Å². The van der Waals surface area contributed by atoms with E-state index in [9.17, 15) is 14.0 Å². The van der Waals surface area contributed by atoms with Gasteiger partial charge in [-0.2, -0.15) is 0 Å². The Morgan fingerprint density at radius 2 is 2.25 bits per heavy atom. The Balaban J connectivity index is 2.32. The van der Waals surface area contributed by atoms with Crippen molar-refractivity contribution >= 4 is 11.9 Å². The fourth-order valence-corrected chi connectivity index (χ4v) is 2.04. The molecule has 1 aliphatic heterocycles. The maximum Gasteiger partial charge on any atom is 0.328 e. The molecule has 1 saturated heterocycles. The second kappa shape index (κ2) is 5.87. The third-order valence-corrected chi connectivity index (χ3v) is 3.09. The van der Waals surface area contributed by atoms with Crippen molar-refractivity contribution < 1.29 is 28.6 Å². The fourth-order valence-electron chi connectivity index (χ4n) is 2.04. The highest BCUT2D eigenvalue weighted by molar-refractivity contribution is 5.97. The molecule has 1 heterocycles. The zero-order valence-corrected chi connectivity index (χ0v) is 10.8. The van der Waals surface area contributed by atoms with Crippen LogP contribution < -0.4 is 4.74 Å². The molecule has 1 atom stereocenters. The number of aliphatic carboxylic acids is 1. The second-order valence-corrected chi connectivity index (χ2v) is 4.25. The number of hydrogen-bond acceptors (Lipinski definition) is 4. The molecule has 0 aromatic heterocycles. The summed E-state index contributed by atoms with van der Waals surface area (Å²) in [5.41, 5.74) is -0.211. The van der Waals surface area contributed by atoms with Gasteiger partial charge >= 0.3 is 5.97 Å². The first kappa shape index (κ1) is 14.3. The molecule has 6 nitrogen and oxygen atoms in total. The van der Waals surface area contributed by atoms with Gasteiger partial charge in [-0.15, -0.1) is 0 Å². The van der Waals surface area contributed by atoms with E-state index in [-0.39, 0.29) is 31.1 Å². The first-order valence-corrected chi connectivity index (χ1v) is 6.00. The van der Waals surface area contributed by atoms with Gasteiger partial charge in [-0.1, -0.05) is 6.07 Å². The summed E-state index contributed by atoms with van der Waals surface area (Å²) in [6.45, 7) is 0.222. The van der Waals surface area contributed by atoms with Crippen LogP contribution >= 0.6 is 0 Å². The van der Waals surface area contributed by atoms with Gasteiger partial charge in [0.2, 0.25) is 0 Å². The summed E-state index contributed by atoms with van der Waals surface area (Å²) in [5, 5.41) is 9.08. The summed E-state index contributed by atoms with van der Waals surface area (Å²) < 4.78 is 23.9. The van der Waals surface area contributed by atoms with Crippen LogP contribution in [0.25, 0.3) is 0 Å². The molecular formula is C13H14FNO5. The number of morpholine rings is 1. The Bertz CT molecular complexity index is 533. The maximum atomic E-state index is 14.1. The molecule has 1 unspecified atom stereocenters. The Labute approximate surface area is 114 Å². The van der Waals surface area contributed by atoms with Crippen LogP contribution in [-0.2, 0) is 9.53 Å². The molecule has 0 spiro atoms. The van der Waals surface area contributed by atoms with E-state index in [2.05, 4.69) is 0 Å². The van der Waals surface area contributed by atoms with E-state index < -0.39 is 23.7 Å². The van der Waals surface area contributed by atoms with E-state index in [4.69, 9.17) is 14.6 Å². The van der Waals surface area contributed by atoms with E-state index in [1.807, 2.05) is 0 Å². The highest BCUT2D eigenvalue weighted by Crippen LogP contribution is 2.22. The monoisotopic (exact) mass is 283 g/mol. The number of amides is 1. The number of carboxylic acids is 1. The van der Waals surface area contributed by atoms with E-state index in [0.29, 0.717) is 0 Å². The minimum Gasteiger partial charge on any atom is -0.494 e.